The molecule has 1 aliphatic rings. The van der Waals surface area contributed by atoms with Crippen molar-refractivity contribution < 1.29 is 9.90 Å². The quantitative estimate of drug-likeness (QED) is 0.903. The van der Waals surface area contributed by atoms with Crippen LogP contribution in [0.15, 0.2) is 24.3 Å². The number of aryl methyl sites for hydroxylation is 1. The lowest BCUT2D eigenvalue weighted by molar-refractivity contribution is 0.0992. The molecule has 1 aromatic heterocycles. The van der Waals surface area contributed by atoms with Crippen LogP contribution in [0, 0.1) is 6.92 Å². The zero-order valence-electron chi connectivity index (χ0n) is 14.0. The van der Waals surface area contributed by atoms with Crippen LogP contribution in [-0.2, 0) is 6.42 Å². The molecule has 1 fully saturated rings. The Kier molecular flexibility index (Phi) is 4.79. The van der Waals surface area contributed by atoms with Gasteiger partial charge >= 0.3 is 0 Å². The molecule has 24 heavy (non-hydrogen) atoms. The van der Waals surface area contributed by atoms with Crippen LogP contribution in [-0.4, -0.2) is 21.0 Å². The van der Waals surface area contributed by atoms with Gasteiger partial charge in [-0.2, -0.15) is 0 Å². The van der Waals surface area contributed by atoms with E-state index in [9.17, 15) is 9.90 Å². The number of carbonyl (C=O) groups is 1. The molecule has 1 saturated carbocycles. The fraction of sp³-hybridized carbons (Fsp3) is 0.421. The monoisotopic (exact) mass is 325 g/mol. The first-order valence-corrected chi connectivity index (χ1v) is 8.49. The van der Waals surface area contributed by atoms with Crippen LogP contribution in [0.5, 0.6) is 5.75 Å². The van der Waals surface area contributed by atoms with Crippen molar-refractivity contribution in [2.45, 2.75) is 51.4 Å². The van der Waals surface area contributed by atoms with Gasteiger partial charge in [-0.05, 0) is 36.8 Å². The fourth-order valence-electron chi connectivity index (χ4n) is 3.40. The van der Waals surface area contributed by atoms with Crippen molar-refractivity contribution in [1.82, 2.24) is 9.97 Å². The van der Waals surface area contributed by atoms with E-state index < -0.39 is 5.91 Å². The van der Waals surface area contributed by atoms with Gasteiger partial charge in [-0.15, -0.1) is 0 Å². The molecule has 1 aromatic carbocycles. The summed E-state index contributed by atoms with van der Waals surface area (Å²) in [6.07, 6.45) is 7.07. The highest BCUT2D eigenvalue weighted by Crippen LogP contribution is 2.32. The highest BCUT2D eigenvalue weighted by Gasteiger charge is 2.17. The van der Waals surface area contributed by atoms with Gasteiger partial charge < -0.3 is 10.8 Å². The Balaban J connectivity index is 1.77. The molecule has 2 aromatic rings. The normalized spacial score (nSPS) is 15.4. The van der Waals surface area contributed by atoms with E-state index in [2.05, 4.69) is 34.2 Å². The lowest BCUT2D eigenvalue weighted by Gasteiger charge is -2.22. The van der Waals surface area contributed by atoms with E-state index >= 15 is 0 Å². The zero-order valence-corrected chi connectivity index (χ0v) is 14.0. The maximum absolute atomic E-state index is 11.4. The predicted molar refractivity (Wildman–Crippen MR) is 92.0 cm³/mol. The van der Waals surface area contributed by atoms with Gasteiger partial charge in [-0.25, -0.2) is 9.97 Å². The SMILES string of the molecule is Cc1nc(Cc2ccc(C3CCCCC3)cc2)nc(C(N)=O)c1O. The molecule has 0 radical (unpaired) electrons. The number of hydrogen-bond donors (Lipinski definition) is 2. The minimum absolute atomic E-state index is 0.115. The summed E-state index contributed by atoms with van der Waals surface area (Å²) in [6.45, 7) is 1.64. The summed E-state index contributed by atoms with van der Waals surface area (Å²) in [5, 5.41) is 9.81. The summed E-state index contributed by atoms with van der Waals surface area (Å²) >= 11 is 0. The summed E-state index contributed by atoms with van der Waals surface area (Å²) < 4.78 is 0. The molecular weight excluding hydrogens is 302 g/mol. The van der Waals surface area contributed by atoms with Crippen molar-refractivity contribution in [3.8, 4) is 5.75 Å². The lowest BCUT2D eigenvalue weighted by Crippen LogP contribution is -2.16. The molecule has 126 valence electrons. The number of aromatic hydroxyl groups is 1. The van der Waals surface area contributed by atoms with Crippen LogP contribution in [0.1, 0.15) is 71.2 Å². The Labute approximate surface area is 142 Å². The maximum atomic E-state index is 11.4. The number of hydrogen-bond acceptors (Lipinski definition) is 4. The molecule has 5 heteroatoms. The number of carbonyl (C=O) groups excluding carboxylic acids is 1. The number of benzene rings is 1. The third kappa shape index (κ3) is 3.55. The number of nitrogens with two attached hydrogens (primary N) is 1. The molecule has 0 saturated heterocycles. The average Bonchev–Trinajstić information content (AvgIpc) is 2.59. The van der Waals surface area contributed by atoms with Gasteiger partial charge in [0, 0.05) is 6.42 Å². The van der Waals surface area contributed by atoms with Gasteiger partial charge in [-0.1, -0.05) is 43.5 Å². The predicted octanol–water partition coefficient (Wildman–Crippen LogP) is 3.23. The molecule has 1 aliphatic carbocycles. The van der Waals surface area contributed by atoms with Gasteiger partial charge in [0.25, 0.3) is 5.91 Å². The first-order valence-electron chi connectivity index (χ1n) is 8.49. The van der Waals surface area contributed by atoms with E-state index in [0.717, 1.165) is 5.56 Å². The molecule has 0 atom stereocenters. The molecule has 5 nitrogen and oxygen atoms in total. The molecule has 3 rings (SSSR count). The van der Waals surface area contributed by atoms with Gasteiger partial charge in [-0.3, -0.25) is 4.79 Å². The number of aromatic nitrogens is 2. The Morgan fingerprint density at radius 3 is 2.46 bits per heavy atom. The van der Waals surface area contributed by atoms with Crippen LogP contribution >= 0.6 is 0 Å². The standard InChI is InChI=1S/C19H23N3O2/c1-12-18(23)17(19(20)24)22-16(21-12)11-13-7-9-15(10-8-13)14-5-3-2-4-6-14/h7-10,14,23H,2-6,11H2,1H3,(H2,20,24). The van der Waals surface area contributed by atoms with E-state index in [4.69, 9.17) is 5.73 Å². The highest BCUT2D eigenvalue weighted by atomic mass is 16.3. The van der Waals surface area contributed by atoms with E-state index in [1.807, 2.05) is 0 Å². The fourth-order valence-corrected chi connectivity index (χ4v) is 3.40. The van der Waals surface area contributed by atoms with Gasteiger partial charge in [0.1, 0.15) is 5.82 Å². The second-order valence-electron chi connectivity index (χ2n) is 6.54. The Bertz CT molecular complexity index is 735. The largest absolute Gasteiger partial charge is 0.504 e. The van der Waals surface area contributed by atoms with Crippen molar-refractivity contribution in [1.29, 1.82) is 0 Å². The first-order chi connectivity index (χ1) is 11.5. The van der Waals surface area contributed by atoms with Crippen LogP contribution in [0.4, 0.5) is 0 Å². The van der Waals surface area contributed by atoms with Gasteiger partial charge in [0.05, 0.1) is 5.69 Å². The minimum atomic E-state index is -0.744. The molecule has 3 N–H and O–H groups in total. The van der Waals surface area contributed by atoms with E-state index in [0.29, 0.717) is 23.9 Å². The molecule has 1 amide bonds. The van der Waals surface area contributed by atoms with E-state index in [-0.39, 0.29) is 11.4 Å². The smallest absolute Gasteiger partial charge is 0.271 e. The summed E-state index contributed by atoms with van der Waals surface area (Å²) in [5.41, 5.74) is 7.99. The second kappa shape index (κ2) is 6.99. The van der Waals surface area contributed by atoms with E-state index in [1.165, 1.54) is 37.7 Å². The van der Waals surface area contributed by atoms with Crippen molar-refractivity contribution in [3.05, 3.63) is 52.6 Å². The summed E-state index contributed by atoms with van der Waals surface area (Å²) in [4.78, 5) is 19.7. The van der Waals surface area contributed by atoms with Crippen molar-refractivity contribution >= 4 is 5.91 Å². The molecule has 0 bridgehead atoms. The van der Waals surface area contributed by atoms with Crippen LogP contribution in [0.2, 0.25) is 0 Å². The molecule has 0 spiro atoms. The molecule has 0 aliphatic heterocycles. The maximum Gasteiger partial charge on any atom is 0.271 e. The average molecular weight is 325 g/mol. The summed E-state index contributed by atoms with van der Waals surface area (Å²) in [7, 11) is 0. The van der Waals surface area contributed by atoms with Crippen molar-refractivity contribution in [2.24, 2.45) is 5.73 Å². The number of primary amides is 1. The topological polar surface area (TPSA) is 89.1 Å². The van der Waals surface area contributed by atoms with Gasteiger partial charge in [0.2, 0.25) is 0 Å². The van der Waals surface area contributed by atoms with Crippen LogP contribution < -0.4 is 5.73 Å². The molecular formula is C19H23N3O2. The molecule has 0 unspecified atom stereocenters. The van der Waals surface area contributed by atoms with E-state index in [1.54, 1.807) is 6.92 Å². The number of amides is 1. The Morgan fingerprint density at radius 2 is 1.83 bits per heavy atom. The summed E-state index contributed by atoms with van der Waals surface area (Å²) in [6, 6.07) is 8.57. The third-order valence-electron chi connectivity index (χ3n) is 4.76. The minimum Gasteiger partial charge on any atom is -0.504 e. The summed E-state index contributed by atoms with van der Waals surface area (Å²) in [5.74, 6) is 0.191. The molecule has 1 heterocycles. The number of nitrogens with zero attached hydrogens (tertiary/aromatic N) is 2. The third-order valence-corrected chi connectivity index (χ3v) is 4.76. The van der Waals surface area contributed by atoms with Crippen LogP contribution in [0.25, 0.3) is 0 Å². The lowest BCUT2D eigenvalue weighted by atomic mass is 9.84. The Morgan fingerprint density at radius 1 is 1.17 bits per heavy atom. The first kappa shape index (κ1) is 16.4. The van der Waals surface area contributed by atoms with Crippen LogP contribution in [0.3, 0.4) is 0 Å². The van der Waals surface area contributed by atoms with Crippen molar-refractivity contribution in [2.75, 3.05) is 0 Å². The second-order valence-corrected chi connectivity index (χ2v) is 6.54. The highest BCUT2D eigenvalue weighted by molar-refractivity contribution is 5.93. The number of rotatable bonds is 4. The van der Waals surface area contributed by atoms with Gasteiger partial charge in [0.15, 0.2) is 11.4 Å². The Hall–Kier alpha value is -2.43. The zero-order chi connectivity index (χ0) is 17.1. The van der Waals surface area contributed by atoms with Crippen molar-refractivity contribution in [3.63, 3.8) is 0 Å².